The summed E-state index contributed by atoms with van der Waals surface area (Å²) in [7, 11) is -3.93. The first-order valence-electron chi connectivity index (χ1n) is 8.11. The number of hydrogen-bond acceptors (Lipinski definition) is 4. The van der Waals surface area contributed by atoms with Gasteiger partial charge in [-0.2, -0.15) is 0 Å². The van der Waals surface area contributed by atoms with Crippen LogP contribution in [0.2, 0.25) is 0 Å². The van der Waals surface area contributed by atoms with Crippen LogP contribution in [-0.2, 0) is 14.8 Å². The first-order valence-corrected chi connectivity index (χ1v) is 9.55. The molecule has 0 unspecified atom stereocenters. The number of primary amides is 1. The SMILES string of the molecule is Cc1cnc2c(S(=O)(=O)N(CCC(N)=O)c3ccccc3)cccc2c1. The highest BCUT2D eigenvalue weighted by atomic mass is 32.2. The van der Waals surface area contributed by atoms with E-state index >= 15 is 0 Å². The van der Waals surface area contributed by atoms with E-state index in [-0.39, 0.29) is 17.9 Å². The van der Waals surface area contributed by atoms with Crippen LogP contribution in [0.3, 0.4) is 0 Å². The van der Waals surface area contributed by atoms with E-state index in [9.17, 15) is 13.2 Å². The van der Waals surface area contributed by atoms with Gasteiger partial charge >= 0.3 is 0 Å². The summed E-state index contributed by atoms with van der Waals surface area (Å²) >= 11 is 0. The van der Waals surface area contributed by atoms with Gasteiger partial charge in [-0.3, -0.25) is 14.1 Å². The van der Waals surface area contributed by atoms with Crippen molar-refractivity contribution in [2.75, 3.05) is 10.8 Å². The van der Waals surface area contributed by atoms with Crippen LogP contribution in [0.5, 0.6) is 0 Å². The van der Waals surface area contributed by atoms with Crippen molar-refractivity contribution >= 4 is 32.5 Å². The Balaban J connectivity index is 2.15. The zero-order valence-corrected chi connectivity index (χ0v) is 15.1. The predicted molar refractivity (Wildman–Crippen MR) is 101 cm³/mol. The van der Waals surface area contributed by atoms with Crippen LogP contribution in [0.25, 0.3) is 10.9 Å². The zero-order chi connectivity index (χ0) is 18.7. The lowest BCUT2D eigenvalue weighted by Crippen LogP contribution is -2.34. The van der Waals surface area contributed by atoms with E-state index in [0.717, 1.165) is 10.9 Å². The van der Waals surface area contributed by atoms with Gasteiger partial charge in [0.05, 0.1) is 11.2 Å². The van der Waals surface area contributed by atoms with Gasteiger partial charge in [0.1, 0.15) is 4.90 Å². The second-order valence-electron chi connectivity index (χ2n) is 5.97. The molecule has 0 fully saturated rings. The summed E-state index contributed by atoms with van der Waals surface area (Å²) in [6, 6.07) is 15.6. The number of anilines is 1. The molecular weight excluding hydrogens is 350 g/mol. The average molecular weight is 369 g/mol. The fraction of sp³-hybridized carbons (Fsp3) is 0.158. The van der Waals surface area contributed by atoms with Gasteiger partial charge in [0.25, 0.3) is 10.0 Å². The molecule has 1 heterocycles. The highest BCUT2D eigenvalue weighted by molar-refractivity contribution is 7.93. The first-order chi connectivity index (χ1) is 12.4. The smallest absolute Gasteiger partial charge is 0.266 e. The molecular formula is C19H19N3O3S. The number of para-hydroxylation sites is 2. The number of amides is 1. The van der Waals surface area contributed by atoms with Gasteiger partial charge in [0.2, 0.25) is 5.91 Å². The Hall–Kier alpha value is -2.93. The number of nitrogens with two attached hydrogens (primary N) is 1. The number of aromatic nitrogens is 1. The summed E-state index contributed by atoms with van der Waals surface area (Å²) in [6.45, 7) is 1.86. The van der Waals surface area contributed by atoms with Gasteiger partial charge in [-0.1, -0.05) is 30.3 Å². The number of nitrogens with zero attached hydrogens (tertiary/aromatic N) is 2. The molecule has 0 spiro atoms. The molecule has 0 saturated heterocycles. The number of pyridine rings is 1. The molecule has 134 valence electrons. The molecule has 26 heavy (non-hydrogen) atoms. The molecule has 1 aromatic heterocycles. The van der Waals surface area contributed by atoms with Gasteiger partial charge in [0, 0.05) is 24.5 Å². The molecule has 0 radical (unpaired) electrons. The zero-order valence-electron chi connectivity index (χ0n) is 14.3. The fourth-order valence-electron chi connectivity index (χ4n) is 2.76. The standard InChI is InChI=1S/C19H19N3O3S/c1-14-12-15-6-5-9-17(19(15)21-13-14)26(24,25)22(11-10-18(20)23)16-7-3-2-4-8-16/h2-9,12-13H,10-11H2,1H3,(H2,20,23). The van der Waals surface area contributed by atoms with Crippen molar-refractivity contribution in [1.29, 1.82) is 0 Å². The number of carbonyl (C=O) groups excluding carboxylic acids is 1. The van der Waals surface area contributed by atoms with Crippen molar-refractivity contribution in [3.8, 4) is 0 Å². The third-order valence-corrected chi connectivity index (χ3v) is 5.84. The summed E-state index contributed by atoms with van der Waals surface area (Å²) in [4.78, 5) is 15.7. The molecule has 0 aliphatic heterocycles. The summed E-state index contributed by atoms with van der Waals surface area (Å²) in [6.07, 6.45) is 1.56. The van der Waals surface area contributed by atoms with Gasteiger partial charge in [-0.15, -0.1) is 0 Å². The van der Waals surface area contributed by atoms with Crippen LogP contribution in [0.1, 0.15) is 12.0 Å². The molecule has 0 aliphatic rings. The monoisotopic (exact) mass is 369 g/mol. The molecule has 0 aliphatic carbocycles. The molecule has 0 saturated carbocycles. The van der Waals surface area contributed by atoms with E-state index < -0.39 is 15.9 Å². The van der Waals surface area contributed by atoms with E-state index in [1.54, 1.807) is 42.6 Å². The van der Waals surface area contributed by atoms with Crippen LogP contribution in [0.4, 0.5) is 5.69 Å². The summed E-state index contributed by atoms with van der Waals surface area (Å²) in [5.74, 6) is -0.562. The molecule has 0 atom stereocenters. The Labute approximate surface area is 152 Å². The Kier molecular flexibility index (Phi) is 4.90. The van der Waals surface area contributed by atoms with Crippen LogP contribution >= 0.6 is 0 Å². The van der Waals surface area contributed by atoms with Crippen molar-refractivity contribution in [3.05, 3.63) is 66.4 Å². The lowest BCUT2D eigenvalue weighted by Gasteiger charge is -2.24. The molecule has 6 nitrogen and oxygen atoms in total. The lowest BCUT2D eigenvalue weighted by atomic mass is 10.2. The maximum absolute atomic E-state index is 13.4. The molecule has 1 amide bonds. The van der Waals surface area contributed by atoms with E-state index in [1.165, 1.54) is 10.4 Å². The quantitative estimate of drug-likeness (QED) is 0.723. The number of sulfonamides is 1. The Bertz CT molecular complexity index is 1050. The summed E-state index contributed by atoms with van der Waals surface area (Å²) in [5.41, 5.74) is 7.05. The van der Waals surface area contributed by atoms with Gasteiger partial charge < -0.3 is 5.73 Å². The Morgan fingerprint density at radius 2 is 1.85 bits per heavy atom. The van der Waals surface area contributed by atoms with Crippen molar-refractivity contribution in [2.45, 2.75) is 18.2 Å². The number of benzene rings is 2. The van der Waals surface area contributed by atoms with Gasteiger partial charge in [-0.05, 0) is 36.8 Å². The van der Waals surface area contributed by atoms with E-state index in [2.05, 4.69) is 4.98 Å². The third kappa shape index (κ3) is 3.52. The maximum atomic E-state index is 13.4. The minimum absolute atomic E-state index is 0.0378. The number of hydrogen-bond donors (Lipinski definition) is 1. The maximum Gasteiger partial charge on any atom is 0.266 e. The Morgan fingerprint density at radius 3 is 2.54 bits per heavy atom. The van der Waals surface area contributed by atoms with Crippen molar-refractivity contribution < 1.29 is 13.2 Å². The van der Waals surface area contributed by atoms with E-state index in [0.29, 0.717) is 11.2 Å². The highest BCUT2D eigenvalue weighted by Gasteiger charge is 2.27. The van der Waals surface area contributed by atoms with Crippen molar-refractivity contribution in [1.82, 2.24) is 4.98 Å². The summed E-state index contributed by atoms with van der Waals surface area (Å²) in [5, 5.41) is 0.744. The minimum atomic E-state index is -3.93. The van der Waals surface area contributed by atoms with Crippen LogP contribution < -0.4 is 10.0 Å². The largest absolute Gasteiger partial charge is 0.370 e. The molecule has 7 heteroatoms. The fourth-order valence-corrected chi connectivity index (χ4v) is 4.40. The number of fused-ring (bicyclic) bond motifs is 1. The summed E-state index contributed by atoms with van der Waals surface area (Å²) < 4.78 is 28.0. The van der Waals surface area contributed by atoms with Gasteiger partial charge in [0.15, 0.2) is 0 Å². The molecule has 2 aromatic carbocycles. The van der Waals surface area contributed by atoms with E-state index in [4.69, 9.17) is 5.73 Å². The topological polar surface area (TPSA) is 93.4 Å². The second kappa shape index (κ2) is 7.13. The van der Waals surface area contributed by atoms with Crippen LogP contribution in [0.15, 0.2) is 65.7 Å². The first kappa shape index (κ1) is 17.9. The van der Waals surface area contributed by atoms with Crippen LogP contribution in [-0.4, -0.2) is 25.9 Å². The van der Waals surface area contributed by atoms with Gasteiger partial charge in [-0.25, -0.2) is 8.42 Å². The number of carbonyl (C=O) groups is 1. The molecule has 3 rings (SSSR count). The Morgan fingerprint density at radius 1 is 1.12 bits per heavy atom. The minimum Gasteiger partial charge on any atom is -0.370 e. The predicted octanol–water partition coefficient (Wildman–Crippen LogP) is 2.61. The second-order valence-corrected chi connectivity index (χ2v) is 7.80. The third-order valence-electron chi connectivity index (χ3n) is 3.98. The molecule has 2 N–H and O–H groups in total. The normalized spacial score (nSPS) is 11.4. The molecule has 3 aromatic rings. The number of rotatable bonds is 6. The highest BCUT2D eigenvalue weighted by Crippen LogP contribution is 2.28. The lowest BCUT2D eigenvalue weighted by molar-refractivity contribution is -0.117. The van der Waals surface area contributed by atoms with Crippen molar-refractivity contribution in [3.63, 3.8) is 0 Å². The molecule has 0 bridgehead atoms. The van der Waals surface area contributed by atoms with Crippen molar-refractivity contribution in [2.24, 2.45) is 5.73 Å². The van der Waals surface area contributed by atoms with E-state index in [1.807, 2.05) is 19.1 Å². The number of aryl methyl sites for hydroxylation is 1. The van der Waals surface area contributed by atoms with Crippen LogP contribution in [0, 0.1) is 6.92 Å². The average Bonchev–Trinajstić information content (AvgIpc) is 2.61.